The third kappa shape index (κ3) is 3.28. The van der Waals surface area contributed by atoms with E-state index >= 15 is 0 Å². The highest BCUT2D eigenvalue weighted by Crippen LogP contribution is 2.50. The van der Waals surface area contributed by atoms with Crippen LogP contribution in [-0.4, -0.2) is 6.71 Å². The molecule has 0 bridgehead atoms. The van der Waals surface area contributed by atoms with E-state index in [-0.39, 0.29) is 6.71 Å². The van der Waals surface area contributed by atoms with Crippen LogP contribution in [0, 0.1) is 0 Å². The maximum Gasteiger partial charge on any atom is 0.260 e. The lowest BCUT2D eigenvalue weighted by molar-refractivity contribution is 1.35. The smallest absolute Gasteiger partial charge is 0.260 e. The maximum absolute atomic E-state index is 2.61. The summed E-state index contributed by atoms with van der Waals surface area (Å²) in [6, 6.07) is 47.8. The second kappa shape index (κ2) is 8.95. The fraction of sp³-hybridized carbons (Fsp3) is 0. The largest absolute Gasteiger partial charge is 0.309 e. The van der Waals surface area contributed by atoms with Gasteiger partial charge in [-0.3, -0.25) is 0 Å². The predicted octanol–water partition coefficient (Wildman–Crippen LogP) is 10.4. The van der Waals surface area contributed by atoms with Gasteiger partial charge in [-0.2, -0.15) is 0 Å². The van der Waals surface area contributed by atoms with Gasteiger partial charge in [-0.05, 0) is 70.2 Å². The standard InChI is InChI=1S/C40H22BNS3/c1-5-13-31-25(9-1)30-20-24(23-17-18-37-29(19-23)26-10-2-7-15-35(26)44-37)21-32-38(30)41(31)40-39(28-12-4-8-16-36(28)45-40)42(32)33-22-43-34-14-6-3-11-27(33)34/h1-22H. The van der Waals surface area contributed by atoms with Crippen molar-refractivity contribution in [2.24, 2.45) is 0 Å². The summed E-state index contributed by atoms with van der Waals surface area (Å²) in [7, 11) is 0. The fourth-order valence-corrected chi connectivity index (χ4v) is 11.2. The average molecular weight is 624 g/mol. The van der Waals surface area contributed by atoms with E-state index in [1.165, 1.54) is 95.4 Å². The first-order valence-corrected chi connectivity index (χ1v) is 17.8. The molecule has 0 spiro atoms. The van der Waals surface area contributed by atoms with Crippen LogP contribution in [0.25, 0.3) is 62.6 Å². The number of nitrogens with zero attached hydrogens (tertiary/aromatic N) is 1. The van der Waals surface area contributed by atoms with Crippen LogP contribution in [0.3, 0.4) is 0 Å². The number of rotatable bonds is 2. The molecule has 5 heterocycles. The summed E-state index contributed by atoms with van der Waals surface area (Å²) >= 11 is 5.69. The molecule has 1 nitrogen and oxygen atoms in total. The second-order valence-electron chi connectivity index (χ2n) is 12.0. The van der Waals surface area contributed by atoms with Crippen LogP contribution in [0.1, 0.15) is 0 Å². The number of thiophene rings is 3. The Hall–Kier alpha value is -4.68. The second-order valence-corrected chi connectivity index (χ2v) is 15.1. The molecule has 2 aliphatic rings. The Morgan fingerprint density at radius 2 is 1.20 bits per heavy atom. The van der Waals surface area contributed by atoms with Crippen molar-refractivity contribution in [1.82, 2.24) is 0 Å². The molecular weight excluding hydrogens is 601 g/mol. The topological polar surface area (TPSA) is 3.24 Å². The van der Waals surface area contributed by atoms with E-state index in [1.807, 2.05) is 34.0 Å². The molecule has 0 amide bonds. The van der Waals surface area contributed by atoms with Gasteiger partial charge in [-0.15, -0.1) is 34.0 Å². The minimum atomic E-state index is 0.233. The third-order valence-corrected chi connectivity index (χ3v) is 13.1. The van der Waals surface area contributed by atoms with Gasteiger partial charge >= 0.3 is 0 Å². The summed E-state index contributed by atoms with van der Waals surface area (Å²) in [5, 5.41) is 7.69. The minimum Gasteiger partial charge on any atom is -0.309 e. The van der Waals surface area contributed by atoms with Gasteiger partial charge < -0.3 is 4.90 Å². The van der Waals surface area contributed by atoms with Gasteiger partial charge in [0.15, 0.2) is 0 Å². The summed E-state index contributed by atoms with van der Waals surface area (Å²) in [6.07, 6.45) is 0. The van der Waals surface area contributed by atoms with Crippen molar-refractivity contribution in [1.29, 1.82) is 0 Å². The molecule has 0 N–H and O–H groups in total. The quantitative estimate of drug-likeness (QED) is 0.173. The number of hydrogen-bond donors (Lipinski definition) is 0. The van der Waals surface area contributed by atoms with Crippen LogP contribution in [-0.2, 0) is 0 Å². The van der Waals surface area contributed by atoms with Crippen LogP contribution in [0.2, 0.25) is 0 Å². The fourth-order valence-electron chi connectivity index (χ4n) is 7.83. The molecule has 11 rings (SSSR count). The van der Waals surface area contributed by atoms with Crippen molar-refractivity contribution in [3.05, 3.63) is 133 Å². The molecule has 2 aliphatic heterocycles. The first-order valence-electron chi connectivity index (χ1n) is 15.3. The summed E-state index contributed by atoms with van der Waals surface area (Å²) in [5.41, 5.74) is 12.0. The molecule has 3 aromatic heterocycles. The van der Waals surface area contributed by atoms with Crippen LogP contribution in [0.5, 0.6) is 0 Å². The zero-order valence-electron chi connectivity index (χ0n) is 24.0. The predicted molar refractivity (Wildman–Crippen MR) is 200 cm³/mol. The van der Waals surface area contributed by atoms with Crippen LogP contribution in [0.4, 0.5) is 17.1 Å². The highest BCUT2D eigenvalue weighted by Gasteiger charge is 2.45. The lowest BCUT2D eigenvalue weighted by atomic mass is 9.40. The van der Waals surface area contributed by atoms with Gasteiger partial charge in [-0.25, -0.2) is 0 Å². The Bertz CT molecular complexity index is 2690. The summed E-state index contributed by atoms with van der Waals surface area (Å²) in [6.45, 7) is 0.233. The summed E-state index contributed by atoms with van der Waals surface area (Å²) in [4.78, 5) is 2.61. The average Bonchev–Trinajstić information content (AvgIpc) is 3.86. The SMILES string of the molecule is c1ccc2c(c1)B1c3sc4ccccc4c3N(c3csc4ccccc34)c3cc(-c4ccc5sc6ccccc6c5c4)cc-2c31. The molecule has 9 aromatic rings. The van der Waals surface area contributed by atoms with E-state index in [4.69, 9.17) is 0 Å². The van der Waals surface area contributed by atoms with Gasteiger partial charge in [0.25, 0.3) is 6.71 Å². The van der Waals surface area contributed by atoms with Crippen LogP contribution in [0.15, 0.2) is 133 Å². The van der Waals surface area contributed by atoms with Crippen molar-refractivity contribution in [2.75, 3.05) is 4.90 Å². The number of benzene rings is 6. The zero-order chi connectivity index (χ0) is 29.2. The molecule has 5 heteroatoms. The van der Waals surface area contributed by atoms with Crippen LogP contribution >= 0.6 is 34.0 Å². The molecule has 208 valence electrons. The van der Waals surface area contributed by atoms with Crippen molar-refractivity contribution in [3.8, 4) is 22.3 Å². The Labute approximate surface area is 272 Å². The van der Waals surface area contributed by atoms with E-state index in [1.54, 1.807) is 0 Å². The molecule has 0 atom stereocenters. The third-order valence-electron chi connectivity index (χ3n) is 9.74. The first kappa shape index (κ1) is 24.6. The van der Waals surface area contributed by atoms with Crippen LogP contribution < -0.4 is 20.6 Å². The van der Waals surface area contributed by atoms with Crippen molar-refractivity contribution in [3.63, 3.8) is 0 Å². The Morgan fingerprint density at radius 1 is 0.489 bits per heavy atom. The highest BCUT2D eigenvalue weighted by molar-refractivity contribution is 7.34. The first-order chi connectivity index (χ1) is 22.3. The summed E-state index contributed by atoms with van der Waals surface area (Å²) < 4.78 is 6.80. The van der Waals surface area contributed by atoms with Gasteiger partial charge in [-0.1, -0.05) is 90.4 Å². The lowest BCUT2D eigenvalue weighted by Crippen LogP contribution is -2.53. The van der Waals surface area contributed by atoms with E-state index < -0.39 is 0 Å². The number of hydrogen-bond acceptors (Lipinski definition) is 4. The highest BCUT2D eigenvalue weighted by atomic mass is 32.1. The van der Waals surface area contributed by atoms with E-state index in [0.717, 1.165) is 0 Å². The van der Waals surface area contributed by atoms with Gasteiger partial charge in [0.2, 0.25) is 0 Å². The number of fused-ring (bicyclic) bond motifs is 11. The number of anilines is 3. The molecular formula is C40H22BNS3. The maximum atomic E-state index is 2.61. The Balaban J connectivity index is 1.26. The molecule has 0 radical (unpaired) electrons. The van der Waals surface area contributed by atoms with Crippen molar-refractivity contribution < 1.29 is 0 Å². The van der Waals surface area contributed by atoms with Gasteiger partial charge in [0.05, 0.1) is 11.4 Å². The summed E-state index contributed by atoms with van der Waals surface area (Å²) in [5.74, 6) is 0. The van der Waals surface area contributed by atoms with E-state index in [9.17, 15) is 0 Å². The normalized spacial score (nSPS) is 13.2. The van der Waals surface area contributed by atoms with Gasteiger partial charge in [0, 0.05) is 56.2 Å². The molecule has 6 aromatic carbocycles. The molecule has 0 aliphatic carbocycles. The molecule has 45 heavy (non-hydrogen) atoms. The minimum absolute atomic E-state index is 0.233. The van der Waals surface area contributed by atoms with Crippen molar-refractivity contribution >= 4 is 114 Å². The lowest BCUT2D eigenvalue weighted by Gasteiger charge is -2.34. The van der Waals surface area contributed by atoms with E-state index in [2.05, 4.69) is 138 Å². The molecule has 0 saturated heterocycles. The van der Waals surface area contributed by atoms with Crippen molar-refractivity contribution in [2.45, 2.75) is 0 Å². The van der Waals surface area contributed by atoms with Gasteiger partial charge in [0.1, 0.15) is 0 Å². The monoisotopic (exact) mass is 623 g/mol. The Morgan fingerprint density at radius 3 is 2.09 bits per heavy atom. The zero-order valence-corrected chi connectivity index (χ0v) is 26.4. The van der Waals surface area contributed by atoms with E-state index in [0.29, 0.717) is 0 Å². The molecule has 0 fully saturated rings. The molecule has 0 saturated carbocycles. The molecule has 0 unspecified atom stereocenters. The Kier molecular flexibility index (Phi) is 4.90.